The average molecular weight is 359 g/mol. The summed E-state index contributed by atoms with van der Waals surface area (Å²) in [5, 5.41) is 0. The van der Waals surface area contributed by atoms with Crippen molar-refractivity contribution in [2.45, 2.75) is 19.9 Å². The molecule has 4 heteroatoms. The van der Waals surface area contributed by atoms with Crippen molar-refractivity contribution in [1.29, 1.82) is 0 Å². The summed E-state index contributed by atoms with van der Waals surface area (Å²) in [6.45, 7) is 3.97. The molecule has 2 aromatic rings. The molecule has 3 rings (SSSR count). The molecular formula is C23H21NO3. The number of rotatable bonds is 4. The number of carbonyl (C=O) groups excluding carboxylic acids is 2. The van der Waals surface area contributed by atoms with Gasteiger partial charge in [-0.25, -0.2) is 4.79 Å². The number of hydrogen-bond acceptors (Lipinski definition) is 3. The van der Waals surface area contributed by atoms with Crippen molar-refractivity contribution in [2.24, 2.45) is 0 Å². The average Bonchev–Trinajstić information content (AvgIpc) is 3.07. The summed E-state index contributed by atoms with van der Waals surface area (Å²) in [6.07, 6.45) is 3.46. The molecule has 1 aliphatic rings. The van der Waals surface area contributed by atoms with Crippen molar-refractivity contribution in [2.75, 3.05) is 12.0 Å². The molecule has 27 heavy (non-hydrogen) atoms. The summed E-state index contributed by atoms with van der Waals surface area (Å²) < 4.78 is 4.73. The molecule has 4 nitrogen and oxygen atoms in total. The molecule has 0 unspecified atom stereocenters. The standard InChI is InChI=1S/C23H21NO3/c1-16(2)15-20(17-7-5-4-6-8-17)21-13-14-22(25)24(21)19-11-9-18(10-12-19)23(26)27-3/h4-14,21H,1-3H3/t21-/m1/s1. The minimum atomic E-state index is -0.404. The monoisotopic (exact) mass is 359 g/mol. The second-order valence-corrected chi connectivity index (χ2v) is 6.46. The van der Waals surface area contributed by atoms with E-state index in [1.807, 2.05) is 50.3 Å². The van der Waals surface area contributed by atoms with Gasteiger partial charge in [-0.15, -0.1) is 5.73 Å². The van der Waals surface area contributed by atoms with E-state index in [1.165, 1.54) is 7.11 Å². The first-order valence-electron chi connectivity index (χ1n) is 8.70. The van der Waals surface area contributed by atoms with Gasteiger partial charge in [0.25, 0.3) is 5.91 Å². The number of amides is 1. The van der Waals surface area contributed by atoms with Crippen LogP contribution < -0.4 is 4.90 Å². The van der Waals surface area contributed by atoms with Crippen molar-refractivity contribution >= 4 is 23.1 Å². The van der Waals surface area contributed by atoms with Gasteiger partial charge in [-0.3, -0.25) is 9.69 Å². The van der Waals surface area contributed by atoms with E-state index in [-0.39, 0.29) is 11.9 Å². The number of nitrogens with zero attached hydrogens (tertiary/aromatic N) is 1. The van der Waals surface area contributed by atoms with Crippen LogP contribution in [0.2, 0.25) is 0 Å². The van der Waals surface area contributed by atoms with Crippen LogP contribution in [0.3, 0.4) is 0 Å². The van der Waals surface area contributed by atoms with Crippen LogP contribution >= 0.6 is 0 Å². The third-order valence-corrected chi connectivity index (χ3v) is 4.27. The molecule has 0 bridgehead atoms. The summed E-state index contributed by atoms with van der Waals surface area (Å²) in [5.41, 5.74) is 7.54. The molecule has 136 valence electrons. The molecule has 0 spiro atoms. The van der Waals surface area contributed by atoms with Crippen LogP contribution in [0.4, 0.5) is 5.69 Å². The molecule has 0 N–H and O–H groups in total. The van der Waals surface area contributed by atoms with Gasteiger partial charge in [-0.05, 0) is 49.2 Å². The highest BCUT2D eigenvalue weighted by atomic mass is 16.5. The fourth-order valence-electron chi connectivity index (χ4n) is 3.07. The molecule has 0 saturated carbocycles. The largest absolute Gasteiger partial charge is 0.465 e. The van der Waals surface area contributed by atoms with E-state index in [2.05, 4.69) is 5.73 Å². The van der Waals surface area contributed by atoms with Gasteiger partial charge in [0.05, 0.1) is 18.7 Å². The van der Waals surface area contributed by atoms with Crippen molar-refractivity contribution in [3.8, 4) is 0 Å². The highest BCUT2D eigenvalue weighted by molar-refractivity contribution is 6.08. The third-order valence-electron chi connectivity index (χ3n) is 4.27. The Bertz CT molecular complexity index is 945. The molecule has 0 fully saturated rings. The van der Waals surface area contributed by atoms with E-state index in [4.69, 9.17) is 4.74 Å². The summed E-state index contributed by atoms with van der Waals surface area (Å²) in [6, 6.07) is 16.5. The van der Waals surface area contributed by atoms with Gasteiger partial charge < -0.3 is 4.74 Å². The van der Waals surface area contributed by atoms with Crippen LogP contribution in [-0.2, 0) is 9.53 Å². The maximum atomic E-state index is 12.6. The van der Waals surface area contributed by atoms with Crippen molar-refractivity contribution < 1.29 is 14.3 Å². The van der Waals surface area contributed by atoms with E-state index in [0.717, 1.165) is 16.7 Å². The van der Waals surface area contributed by atoms with E-state index in [1.54, 1.807) is 35.2 Å². The second-order valence-electron chi connectivity index (χ2n) is 6.46. The smallest absolute Gasteiger partial charge is 0.337 e. The Labute approximate surface area is 159 Å². The van der Waals surface area contributed by atoms with Gasteiger partial charge in [0.2, 0.25) is 0 Å². The fraction of sp³-hybridized carbons (Fsp3) is 0.174. The zero-order valence-corrected chi connectivity index (χ0v) is 15.6. The van der Waals surface area contributed by atoms with E-state index < -0.39 is 5.97 Å². The summed E-state index contributed by atoms with van der Waals surface area (Å²) in [5.74, 6) is -0.506. The van der Waals surface area contributed by atoms with Crippen LogP contribution in [0.15, 0.2) is 78.1 Å². The number of ether oxygens (including phenoxy) is 1. The zero-order chi connectivity index (χ0) is 19.4. The summed E-state index contributed by atoms with van der Waals surface area (Å²) >= 11 is 0. The first-order valence-corrected chi connectivity index (χ1v) is 8.70. The van der Waals surface area contributed by atoms with E-state index in [0.29, 0.717) is 11.3 Å². The molecule has 2 aromatic carbocycles. The lowest BCUT2D eigenvalue weighted by molar-refractivity contribution is -0.113. The predicted octanol–water partition coefficient (Wildman–Crippen LogP) is 4.39. The van der Waals surface area contributed by atoms with Crippen LogP contribution in [0, 0.1) is 0 Å². The molecule has 0 saturated heterocycles. The minimum absolute atomic E-state index is 0.102. The van der Waals surface area contributed by atoms with Gasteiger partial charge in [-0.1, -0.05) is 36.4 Å². The van der Waals surface area contributed by atoms with Gasteiger partial charge >= 0.3 is 5.97 Å². The maximum absolute atomic E-state index is 12.6. The maximum Gasteiger partial charge on any atom is 0.337 e. The Morgan fingerprint density at radius 2 is 1.67 bits per heavy atom. The third kappa shape index (κ3) is 3.91. The zero-order valence-electron chi connectivity index (χ0n) is 15.6. The van der Waals surface area contributed by atoms with E-state index in [9.17, 15) is 9.59 Å². The number of hydrogen-bond donors (Lipinski definition) is 0. The lowest BCUT2D eigenvalue weighted by Crippen LogP contribution is -2.34. The summed E-state index contributed by atoms with van der Waals surface area (Å²) in [4.78, 5) is 25.9. The summed E-state index contributed by atoms with van der Waals surface area (Å²) in [7, 11) is 1.34. The molecule has 1 heterocycles. The quantitative estimate of drug-likeness (QED) is 0.601. The Kier molecular flexibility index (Phi) is 5.39. The Morgan fingerprint density at radius 1 is 1.00 bits per heavy atom. The normalized spacial score (nSPS) is 15.4. The fourth-order valence-corrected chi connectivity index (χ4v) is 3.07. The van der Waals surface area contributed by atoms with Gasteiger partial charge in [-0.2, -0.15) is 0 Å². The Balaban J connectivity index is 2.04. The molecule has 1 aliphatic heterocycles. The molecule has 0 radical (unpaired) electrons. The van der Waals surface area contributed by atoms with Crippen LogP contribution in [-0.4, -0.2) is 25.0 Å². The van der Waals surface area contributed by atoms with E-state index >= 15 is 0 Å². The predicted molar refractivity (Wildman–Crippen MR) is 106 cm³/mol. The van der Waals surface area contributed by atoms with Gasteiger partial charge in [0, 0.05) is 17.3 Å². The second kappa shape index (κ2) is 7.90. The van der Waals surface area contributed by atoms with Crippen LogP contribution in [0.1, 0.15) is 29.8 Å². The lowest BCUT2D eigenvalue weighted by Gasteiger charge is -2.26. The minimum Gasteiger partial charge on any atom is -0.465 e. The Hall–Kier alpha value is -3.36. The Morgan fingerprint density at radius 3 is 2.26 bits per heavy atom. The molecule has 1 atom stereocenters. The number of methoxy groups -OCH3 is 1. The van der Waals surface area contributed by atoms with Gasteiger partial charge in [0.1, 0.15) is 0 Å². The molecular weight excluding hydrogens is 338 g/mol. The number of carbonyl (C=O) groups is 2. The SMILES string of the molecule is COC(=O)c1ccc(N2C(=O)C=C[C@@H]2C(=C=C(C)C)c2ccccc2)cc1. The topological polar surface area (TPSA) is 46.6 Å². The lowest BCUT2D eigenvalue weighted by atomic mass is 9.97. The first-order chi connectivity index (χ1) is 13.0. The first kappa shape index (κ1) is 18.4. The van der Waals surface area contributed by atoms with Crippen LogP contribution in [0.5, 0.6) is 0 Å². The molecule has 0 aliphatic carbocycles. The van der Waals surface area contributed by atoms with Crippen molar-refractivity contribution in [3.63, 3.8) is 0 Å². The molecule has 1 amide bonds. The highest BCUT2D eigenvalue weighted by Crippen LogP contribution is 2.31. The highest BCUT2D eigenvalue weighted by Gasteiger charge is 2.31. The number of benzene rings is 2. The van der Waals surface area contributed by atoms with Crippen molar-refractivity contribution in [3.05, 3.63) is 89.2 Å². The number of anilines is 1. The number of esters is 1. The van der Waals surface area contributed by atoms with Crippen molar-refractivity contribution in [1.82, 2.24) is 0 Å². The van der Waals surface area contributed by atoms with Gasteiger partial charge in [0.15, 0.2) is 0 Å². The van der Waals surface area contributed by atoms with Crippen LogP contribution in [0.25, 0.3) is 5.57 Å². The molecule has 0 aromatic heterocycles.